The van der Waals surface area contributed by atoms with Gasteiger partial charge in [-0.2, -0.15) is 5.26 Å². The number of hydrogen-bond acceptors (Lipinski definition) is 4. The molecule has 0 spiro atoms. The zero-order chi connectivity index (χ0) is 14.5. The van der Waals surface area contributed by atoms with Gasteiger partial charge < -0.3 is 10.6 Å². The number of nitriles is 1. The summed E-state index contributed by atoms with van der Waals surface area (Å²) in [5, 5.41) is 9.42. The molecule has 0 aromatic carbocycles. The fraction of sp³-hybridized carbons (Fsp3) is 0.625. The summed E-state index contributed by atoms with van der Waals surface area (Å²) in [6.07, 6.45) is 6.64. The molecule has 1 fully saturated rings. The van der Waals surface area contributed by atoms with Gasteiger partial charge in [0.2, 0.25) is 0 Å². The van der Waals surface area contributed by atoms with Crippen molar-refractivity contribution in [2.45, 2.75) is 45.6 Å². The molecule has 2 rings (SSSR count). The molecule has 1 aliphatic carbocycles. The Balaban J connectivity index is 2.37. The first kappa shape index (κ1) is 14.8. The van der Waals surface area contributed by atoms with Gasteiger partial charge in [0, 0.05) is 18.8 Å². The van der Waals surface area contributed by atoms with Crippen LogP contribution in [0.3, 0.4) is 0 Å². The molecule has 0 bridgehead atoms. The van der Waals surface area contributed by atoms with E-state index in [0.29, 0.717) is 17.5 Å². The van der Waals surface area contributed by atoms with Gasteiger partial charge in [-0.15, -0.1) is 0 Å². The number of aryl methyl sites for hydroxylation is 1. The van der Waals surface area contributed by atoms with Crippen LogP contribution in [0.1, 0.15) is 43.7 Å². The molecule has 0 aliphatic heterocycles. The molecule has 1 saturated carbocycles. The van der Waals surface area contributed by atoms with E-state index in [1.165, 1.54) is 19.3 Å². The Morgan fingerprint density at radius 2 is 2.20 bits per heavy atom. The third-order valence-electron chi connectivity index (χ3n) is 4.44. The molecular formula is C16H24N4. The third-order valence-corrected chi connectivity index (χ3v) is 4.44. The monoisotopic (exact) mass is 272 g/mol. The number of anilines is 1. The van der Waals surface area contributed by atoms with Crippen molar-refractivity contribution in [2.75, 3.05) is 18.0 Å². The molecule has 0 amide bonds. The number of rotatable bonds is 4. The van der Waals surface area contributed by atoms with Gasteiger partial charge in [0.25, 0.3) is 0 Å². The van der Waals surface area contributed by atoms with Gasteiger partial charge in [-0.05, 0) is 50.8 Å². The molecule has 1 aromatic heterocycles. The van der Waals surface area contributed by atoms with E-state index < -0.39 is 0 Å². The molecule has 1 aliphatic rings. The number of nitrogens with two attached hydrogens (primary N) is 1. The summed E-state index contributed by atoms with van der Waals surface area (Å²) in [6.45, 7) is 5.69. The van der Waals surface area contributed by atoms with Crippen LogP contribution in [-0.2, 0) is 0 Å². The molecule has 2 atom stereocenters. The van der Waals surface area contributed by atoms with Gasteiger partial charge in [0.05, 0.1) is 5.56 Å². The van der Waals surface area contributed by atoms with E-state index in [4.69, 9.17) is 5.73 Å². The molecule has 4 nitrogen and oxygen atoms in total. The van der Waals surface area contributed by atoms with Gasteiger partial charge >= 0.3 is 0 Å². The van der Waals surface area contributed by atoms with Gasteiger partial charge in [-0.25, -0.2) is 4.98 Å². The minimum atomic E-state index is 0.417. The Hall–Kier alpha value is -1.60. The van der Waals surface area contributed by atoms with Crippen LogP contribution in [0.25, 0.3) is 0 Å². The summed E-state index contributed by atoms with van der Waals surface area (Å²) in [7, 11) is 0. The second kappa shape index (κ2) is 6.71. The Morgan fingerprint density at radius 3 is 2.85 bits per heavy atom. The van der Waals surface area contributed by atoms with Crippen molar-refractivity contribution in [3.8, 4) is 6.07 Å². The van der Waals surface area contributed by atoms with Crippen molar-refractivity contribution in [1.29, 1.82) is 5.26 Å². The van der Waals surface area contributed by atoms with E-state index in [1.807, 2.05) is 13.0 Å². The minimum Gasteiger partial charge on any atom is -0.352 e. The molecule has 0 radical (unpaired) electrons. The minimum absolute atomic E-state index is 0.417. The summed E-state index contributed by atoms with van der Waals surface area (Å²) in [4.78, 5) is 6.78. The van der Waals surface area contributed by atoms with Crippen LogP contribution in [0.2, 0.25) is 0 Å². The standard InChI is InChI=1S/C16H24N4/c1-3-20(15-7-5-4-6-13(15)10-17)16-14(11-18)12(2)8-9-19-16/h8-9,13,15H,3-7,10,17H2,1-2H3. The SMILES string of the molecule is CCN(c1nccc(C)c1C#N)C1CCCCC1CN. The van der Waals surface area contributed by atoms with Crippen molar-refractivity contribution < 1.29 is 0 Å². The van der Waals surface area contributed by atoms with Crippen LogP contribution in [0.5, 0.6) is 0 Å². The van der Waals surface area contributed by atoms with Crippen molar-refractivity contribution in [2.24, 2.45) is 11.7 Å². The Kier molecular flexibility index (Phi) is 4.97. The number of aromatic nitrogens is 1. The highest BCUT2D eigenvalue weighted by atomic mass is 15.2. The maximum absolute atomic E-state index is 9.42. The predicted molar refractivity (Wildman–Crippen MR) is 81.5 cm³/mol. The maximum atomic E-state index is 9.42. The van der Waals surface area contributed by atoms with Crippen molar-refractivity contribution in [3.05, 3.63) is 23.4 Å². The van der Waals surface area contributed by atoms with Crippen LogP contribution in [-0.4, -0.2) is 24.1 Å². The van der Waals surface area contributed by atoms with Gasteiger partial charge in [-0.1, -0.05) is 12.8 Å². The average molecular weight is 272 g/mol. The average Bonchev–Trinajstić information content (AvgIpc) is 2.49. The zero-order valence-electron chi connectivity index (χ0n) is 12.5. The van der Waals surface area contributed by atoms with E-state index in [2.05, 4.69) is 22.9 Å². The molecule has 0 saturated heterocycles. The first-order valence-corrected chi connectivity index (χ1v) is 7.55. The first-order chi connectivity index (χ1) is 9.72. The van der Waals surface area contributed by atoms with Gasteiger partial charge in [0.1, 0.15) is 11.9 Å². The lowest BCUT2D eigenvalue weighted by atomic mass is 9.83. The fourth-order valence-electron chi connectivity index (χ4n) is 3.31. The molecule has 4 heteroatoms. The normalized spacial score (nSPS) is 22.3. The topological polar surface area (TPSA) is 65.9 Å². The number of nitrogens with zero attached hydrogens (tertiary/aromatic N) is 3. The zero-order valence-corrected chi connectivity index (χ0v) is 12.5. The molecular weight excluding hydrogens is 248 g/mol. The Bertz CT molecular complexity index is 492. The summed E-state index contributed by atoms with van der Waals surface area (Å²) < 4.78 is 0. The quantitative estimate of drug-likeness (QED) is 0.915. The lowest BCUT2D eigenvalue weighted by Crippen LogP contribution is -2.46. The van der Waals surface area contributed by atoms with E-state index in [-0.39, 0.29) is 0 Å². The van der Waals surface area contributed by atoms with E-state index in [9.17, 15) is 5.26 Å². The van der Waals surface area contributed by atoms with Crippen molar-refractivity contribution in [3.63, 3.8) is 0 Å². The molecule has 2 unspecified atom stereocenters. The maximum Gasteiger partial charge on any atom is 0.146 e. The third kappa shape index (κ3) is 2.78. The highest BCUT2D eigenvalue weighted by molar-refractivity contribution is 5.57. The van der Waals surface area contributed by atoms with Gasteiger partial charge in [-0.3, -0.25) is 0 Å². The summed E-state index contributed by atoms with van der Waals surface area (Å²) >= 11 is 0. The largest absolute Gasteiger partial charge is 0.352 e. The highest BCUT2D eigenvalue weighted by Crippen LogP contribution is 2.32. The molecule has 1 aromatic rings. The van der Waals surface area contributed by atoms with E-state index in [1.54, 1.807) is 6.20 Å². The van der Waals surface area contributed by atoms with Crippen molar-refractivity contribution in [1.82, 2.24) is 4.98 Å². The number of hydrogen-bond donors (Lipinski definition) is 1. The van der Waals surface area contributed by atoms with Crippen LogP contribution < -0.4 is 10.6 Å². The van der Waals surface area contributed by atoms with Crippen LogP contribution in [0.15, 0.2) is 12.3 Å². The number of pyridine rings is 1. The fourth-order valence-corrected chi connectivity index (χ4v) is 3.31. The first-order valence-electron chi connectivity index (χ1n) is 7.55. The molecule has 108 valence electrons. The van der Waals surface area contributed by atoms with E-state index >= 15 is 0 Å². The Morgan fingerprint density at radius 1 is 1.45 bits per heavy atom. The van der Waals surface area contributed by atoms with Crippen LogP contribution >= 0.6 is 0 Å². The molecule has 20 heavy (non-hydrogen) atoms. The second-order valence-corrected chi connectivity index (χ2v) is 5.57. The Labute approximate surface area is 121 Å². The second-order valence-electron chi connectivity index (χ2n) is 5.57. The molecule has 2 N–H and O–H groups in total. The molecule has 1 heterocycles. The smallest absolute Gasteiger partial charge is 0.146 e. The lowest BCUT2D eigenvalue weighted by molar-refractivity contribution is 0.299. The lowest BCUT2D eigenvalue weighted by Gasteiger charge is -2.40. The predicted octanol–water partition coefficient (Wildman–Crippen LogP) is 2.61. The van der Waals surface area contributed by atoms with Gasteiger partial charge in [0.15, 0.2) is 0 Å². The summed E-state index contributed by atoms with van der Waals surface area (Å²) in [5.41, 5.74) is 7.65. The van der Waals surface area contributed by atoms with Crippen LogP contribution in [0.4, 0.5) is 5.82 Å². The van der Waals surface area contributed by atoms with Crippen LogP contribution in [0, 0.1) is 24.2 Å². The highest BCUT2D eigenvalue weighted by Gasteiger charge is 2.30. The summed E-state index contributed by atoms with van der Waals surface area (Å²) in [6, 6.07) is 4.63. The van der Waals surface area contributed by atoms with Crippen molar-refractivity contribution >= 4 is 5.82 Å². The van der Waals surface area contributed by atoms with E-state index in [0.717, 1.165) is 30.9 Å². The summed E-state index contributed by atoms with van der Waals surface area (Å²) in [5.74, 6) is 1.35.